The van der Waals surface area contributed by atoms with E-state index in [0.717, 1.165) is 11.3 Å². The van der Waals surface area contributed by atoms with E-state index < -0.39 is 5.54 Å². The number of benzene rings is 4. The molecule has 1 heterocycles. The molecule has 5 rings (SSSR count). The fourth-order valence-corrected chi connectivity index (χ4v) is 5.48. The summed E-state index contributed by atoms with van der Waals surface area (Å²) < 4.78 is 8.55. The van der Waals surface area contributed by atoms with Gasteiger partial charge in [0.05, 0.1) is 24.7 Å². The van der Waals surface area contributed by atoms with Gasteiger partial charge in [0.25, 0.3) is 0 Å². The second-order valence-corrected chi connectivity index (χ2v) is 11.3. The van der Waals surface area contributed by atoms with Crippen molar-refractivity contribution in [2.24, 2.45) is 0 Å². The van der Waals surface area contributed by atoms with Gasteiger partial charge >= 0.3 is 0 Å². The van der Waals surface area contributed by atoms with Gasteiger partial charge in [-0.1, -0.05) is 142 Å². The first-order valence-corrected chi connectivity index (χ1v) is 14.0. The number of rotatable bonds is 10. The van der Waals surface area contributed by atoms with Crippen LogP contribution in [0.4, 0.5) is 0 Å². The molecule has 0 saturated carbocycles. The quantitative estimate of drug-likeness (QED) is 0.135. The van der Waals surface area contributed by atoms with E-state index in [9.17, 15) is 0 Å². The Kier molecular flexibility index (Phi) is 8.14. The summed E-state index contributed by atoms with van der Waals surface area (Å²) in [5.41, 5.74) is 6.47. The minimum Gasteiger partial charge on any atom is -0.369 e. The standard InChI is InChI=1S/C37H38N2O/c1-5-25-40-35(29-21-23-30(24-22-29)36(2,3)4)26-34-27-39(28-38-34)37(31-15-9-6-10-16-31,32-17-11-7-12-18-32)33-19-13-8-14-20-33/h5-24,27-28,35H,1,25-26H2,2-4H3/t35-/m1/s1. The first kappa shape index (κ1) is 27.4. The molecule has 0 spiro atoms. The molecule has 0 aliphatic heterocycles. The van der Waals surface area contributed by atoms with Crippen molar-refractivity contribution < 1.29 is 4.74 Å². The van der Waals surface area contributed by atoms with Crippen LogP contribution in [0.1, 0.15) is 60.4 Å². The minimum atomic E-state index is -0.582. The molecule has 5 aromatic rings. The summed E-state index contributed by atoms with van der Waals surface area (Å²) in [6, 6.07) is 40.8. The third kappa shape index (κ3) is 5.57. The molecule has 202 valence electrons. The van der Waals surface area contributed by atoms with Gasteiger partial charge in [0, 0.05) is 12.6 Å². The Morgan fingerprint density at radius 1 is 0.725 bits per heavy atom. The molecule has 0 aliphatic carbocycles. The van der Waals surface area contributed by atoms with Crippen molar-refractivity contribution >= 4 is 0 Å². The smallest absolute Gasteiger partial charge is 0.121 e. The van der Waals surface area contributed by atoms with Crippen LogP contribution in [0.5, 0.6) is 0 Å². The van der Waals surface area contributed by atoms with E-state index in [1.807, 2.05) is 6.33 Å². The lowest BCUT2D eigenvalue weighted by Gasteiger charge is -2.37. The molecule has 1 atom stereocenters. The number of hydrogen-bond acceptors (Lipinski definition) is 2. The van der Waals surface area contributed by atoms with Gasteiger partial charge in [-0.15, -0.1) is 6.58 Å². The van der Waals surface area contributed by atoms with Crippen molar-refractivity contribution in [2.45, 2.75) is 44.2 Å². The maximum atomic E-state index is 6.29. The predicted molar refractivity (Wildman–Crippen MR) is 165 cm³/mol. The van der Waals surface area contributed by atoms with Crippen LogP contribution < -0.4 is 0 Å². The molecule has 0 saturated heterocycles. The molecule has 0 unspecified atom stereocenters. The lowest BCUT2D eigenvalue weighted by atomic mass is 9.77. The molecule has 0 N–H and O–H groups in total. The maximum Gasteiger partial charge on any atom is 0.121 e. The Bertz CT molecular complexity index is 1400. The van der Waals surface area contributed by atoms with Gasteiger partial charge in [0.2, 0.25) is 0 Å². The molecule has 0 bridgehead atoms. The summed E-state index contributed by atoms with van der Waals surface area (Å²) in [7, 11) is 0. The summed E-state index contributed by atoms with van der Waals surface area (Å²) in [6.07, 6.45) is 6.48. The van der Waals surface area contributed by atoms with Crippen LogP contribution in [0.25, 0.3) is 0 Å². The zero-order valence-electron chi connectivity index (χ0n) is 23.7. The normalized spacial score (nSPS) is 12.7. The Labute approximate surface area is 238 Å². The van der Waals surface area contributed by atoms with Crippen molar-refractivity contribution in [3.8, 4) is 0 Å². The van der Waals surface area contributed by atoms with E-state index in [2.05, 4.69) is 153 Å². The Balaban J connectivity index is 1.59. The lowest BCUT2D eigenvalue weighted by molar-refractivity contribution is 0.0738. The van der Waals surface area contributed by atoms with Crippen LogP contribution in [0, 0.1) is 0 Å². The van der Waals surface area contributed by atoms with Crippen LogP contribution >= 0.6 is 0 Å². The van der Waals surface area contributed by atoms with E-state index in [1.165, 1.54) is 22.3 Å². The van der Waals surface area contributed by atoms with Gasteiger partial charge in [0.15, 0.2) is 0 Å². The zero-order chi connectivity index (χ0) is 28.0. The molecular weight excluding hydrogens is 488 g/mol. The van der Waals surface area contributed by atoms with Gasteiger partial charge in [-0.2, -0.15) is 0 Å². The molecule has 0 fully saturated rings. The topological polar surface area (TPSA) is 27.1 Å². The van der Waals surface area contributed by atoms with Crippen LogP contribution in [0.3, 0.4) is 0 Å². The SMILES string of the molecule is C=CCO[C@H](Cc1cn(C(c2ccccc2)(c2ccccc2)c2ccccc2)cn1)c1ccc(C(C)(C)C)cc1. The van der Waals surface area contributed by atoms with Gasteiger partial charge in [-0.3, -0.25) is 0 Å². The van der Waals surface area contributed by atoms with Crippen LogP contribution in [0.2, 0.25) is 0 Å². The molecule has 3 nitrogen and oxygen atoms in total. The fourth-order valence-electron chi connectivity index (χ4n) is 5.48. The van der Waals surface area contributed by atoms with Crippen molar-refractivity contribution in [2.75, 3.05) is 6.61 Å². The summed E-state index contributed by atoms with van der Waals surface area (Å²) in [4.78, 5) is 4.95. The minimum absolute atomic E-state index is 0.102. The van der Waals surface area contributed by atoms with E-state index in [0.29, 0.717) is 13.0 Å². The Morgan fingerprint density at radius 3 is 1.68 bits per heavy atom. The monoisotopic (exact) mass is 526 g/mol. The summed E-state index contributed by atoms with van der Waals surface area (Å²) in [5.74, 6) is 0. The molecule has 0 radical (unpaired) electrons. The molecule has 3 heteroatoms. The third-order valence-corrected chi connectivity index (χ3v) is 7.56. The van der Waals surface area contributed by atoms with Crippen LogP contribution in [0.15, 0.2) is 140 Å². The highest BCUT2D eigenvalue weighted by atomic mass is 16.5. The zero-order valence-corrected chi connectivity index (χ0v) is 23.7. The van der Waals surface area contributed by atoms with E-state index in [4.69, 9.17) is 9.72 Å². The first-order valence-electron chi connectivity index (χ1n) is 14.0. The Hall–Kier alpha value is -4.21. The van der Waals surface area contributed by atoms with E-state index in [1.54, 1.807) is 6.08 Å². The summed E-state index contributed by atoms with van der Waals surface area (Å²) >= 11 is 0. The van der Waals surface area contributed by atoms with Crippen molar-refractivity contribution in [1.29, 1.82) is 0 Å². The average molecular weight is 527 g/mol. The molecule has 1 aromatic heterocycles. The van der Waals surface area contributed by atoms with Crippen molar-refractivity contribution in [1.82, 2.24) is 9.55 Å². The average Bonchev–Trinajstić information content (AvgIpc) is 3.46. The Morgan fingerprint density at radius 2 is 1.23 bits per heavy atom. The molecule has 0 amide bonds. The van der Waals surface area contributed by atoms with Gasteiger partial charge in [-0.05, 0) is 33.2 Å². The largest absolute Gasteiger partial charge is 0.369 e. The highest BCUT2D eigenvalue weighted by molar-refractivity contribution is 5.50. The first-order chi connectivity index (χ1) is 19.4. The maximum absolute atomic E-state index is 6.29. The number of hydrogen-bond donors (Lipinski definition) is 0. The fraction of sp³-hybridized carbons (Fsp3) is 0.216. The number of aromatic nitrogens is 2. The molecule has 40 heavy (non-hydrogen) atoms. The van der Waals surface area contributed by atoms with Gasteiger partial charge in [-0.25, -0.2) is 4.98 Å². The van der Waals surface area contributed by atoms with E-state index >= 15 is 0 Å². The third-order valence-electron chi connectivity index (χ3n) is 7.56. The second-order valence-electron chi connectivity index (χ2n) is 11.3. The number of ether oxygens (including phenoxy) is 1. The molecule has 4 aromatic carbocycles. The second kappa shape index (κ2) is 11.9. The van der Waals surface area contributed by atoms with Crippen LogP contribution in [-0.2, 0) is 22.1 Å². The van der Waals surface area contributed by atoms with Crippen LogP contribution in [-0.4, -0.2) is 16.2 Å². The number of imidazole rings is 1. The summed E-state index contributed by atoms with van der Waals surface area (Å²) in [5, 5.41) is 0. The van der Waals surface area contributed by atoms with Crippen molar-refractivity contribution in [3.63, 3.8) is 0 Å². The van der Waals surface area contributed by atoms with E-state index in [-0.39, 0.29) is 11.5 Å². The lowest BCUT2D eigenvalue weighted by Crippen LogP contribution is -2.36. The summed E-state index contributed by atoms with van der Waals surface area (Å²) in [6.45, 7) is 11.1. The highest BCUT2D eigenvalue weighted by Crippen LogP contribution is 2.41. The van der Waals surface area contributed by atoms with Crippen molar-refractivity contribution in [3.05, 3.63) is 174 Å². The van der Waals surface area contributed by atoms with Gasteiger partial charge in [0.1, 0.15) is 5.54 Å². The highest BCUT2D eigenvalue weighted by Gasteiger charge is 2.38. The number of nitrogens with zero attached hydrogens (tertiary/aromatic N) is 2. The predicted octanol–water partition coefficient (Wildman–Crippen LogP) is 8.51. The van der Waals surface area contributed by atoms with Gasteiger partial charge < -0.3 is 9.30 Å². The molecular formula is C37H38N2O. The molecule has 0 aliphatic rings.